The number of rotatable bonds is 4. The zero-order chi connectivity index (χ0) is 15.2. The average molecular weight is 282 g/mol. The molecule has 0 saturated carbocycles. The van der Waals surface area contributed by atoms with Gasteiger partial charge in [-0.1, -0.05) is 0 Å². The maximum Gasteiger partial charge on any atom is 0.338 e. The Labute approximate surface area is 122 Å². The summed E-state index contributed by atoms with van der Waals surface area (Å²) in [5.41, 5.74) is 2.20. The molecule has 0 aliphatic carbocycles. The fourth-order valence-electron chi connectivity index (χ4n) is 1.71. The molecule has 0 aliphatic rings. The van der Waals surface area contributed by atoms with E-state index >= 15 is 0 Å². The molecule has 1 N–H and O–H groups in total. The van der Waals surface area contributed by atoms with E-state index < -0.39 is 0 Å². The Morgan fingerprint density at radius 3 is 2.67 bits per heavy atom. The second-order valence-corrected chi connectivity index (χ2v) is 4.25. The number of ether oxygens (including phenoxy) is 1. The van der Waals surface area contributed by atoms with Gasteiger partial charge in [0.1, 0.15) is 11.8 Å². The second kappa shape index (κ2) is 6.48. The maximum absolute atomic E-state index is 11.5. The van der Waals surface area contributed by atoms with E-state index in [2.05, 4.69) is 15.3 Å². The third kappa shape index (κ3) is 3.76. The highest BCUT2D eigenvalue weighted by atomic mass is 16.5. The first-order valence-corrected chi connectivity index (χ1v) is 6.42. The van der Waals surface area contributed by atoms with Gasteiger partial charge in [-0.2, -0.15) is 5.26 Å². The number of nitrogens with one attached hydrogen (secondary N) is 1. The molecular formula is C15H14N4O2. The minimum absolute atomic E-state index is 0.299. The van der Waals surface area contributed by atoms with Crippen molar-refractivity contribution in [2.24, 2.45) is 0 Å². The first-order valence-electron chi connectivity index (χ1n) is 6.42. The zero-order valence-electron chi connectivity index (χ0n) is 11.8. The number of benzene rings is 1. The number of nitriles is 1. The van der Waals surface area contributed by atoms with Gasteiger partial charge in [-0.25, -0.2) is 14.8 Å². The molecule has 1 aromatic carbocycles. The van der Waals surface area contributed by atoms with Crippen LogP contribution in [0.15, 0.2) is 30.3 Å². The molecule has 0 spiro atoms. The average Bonchev–Trinajstić information content (AvgIpc) is 2.47. The van der Waals surface area contributed by atoms with Gasteiger partial charge in [0.25, 0.3) is 0 Å². The molecule has 6 heteroatoms. The van der Waals surface area contributed by atoms with E-state index in [1.54, 1.807) is 44.2 Å². The molecule has 0 aliphatic heterocycles. The minimum atomic E-state index is -0.359. The fourth-order valence-corrected chi connectivity index (χ4v) is 1.71. The van der Waals surface area contributed by atoms with Crippen LogP contribution in [-0.4, -0.2) is 22.5 Å². The van der Waals surface area contributed by atoms with Crippen molar-refractivity contribution in [1.82, 2.24) is 9.97 Å². The second-order valence-electron chi connectivity index (χ2n) is 4.25. The molecule has 0 atom stereocenters. The molecule has 0 bridgehead atoms. The maximum atomic E-state index is 11.5. The summed E-state index contributed by atoms with van der Waals surface area (Å²) in [6, 6.07) is 10.3. The molecule has 0 radical (unpaired) electrons. The van der Waals surface area contributed by atoms with Crippen molar-refractivity contribution in [3.8, 4) is 6.07 Å². The van der Waals surface area contributed by atoms with Gasteiger partial charge in [-0.3, -0.25) is 0 Å². The Balaban J connectivity index is 2.15. The normalized spacial score (nSPS) is 9.76. The number of esters is 1. The standard InChI is InChI=1S/C15H14N4O2/c1-3-21-14(20)11-4-6-12(7-5-11)18-15-17-10(2)8-13(9-16)19-15/h4-8H,3H2,1-2H3,(H,17,18,19). The van der Waals surface area contributed by atoms with Crippen molar-refractivity contribution < 1.29 is 9.53 Å². The lowest BCUT2D eigenvalue weighted by molar-refractivity contribution is 0.0526. The van der Waals surface area contributed by atoms with Gasteiger partial charge >= 0.3 is 5.97 Å². The predicted molar refractivity (Wildman–Crippen MR) is 77.2 cm³/mol. The fraction of sp³-hybridized carbons (Fsp3) is 0.200. The molecule has 1 aromatic heterocycles. The quantitative estimate of drug-likeness (QED) is 0.867. The Morgan fingerprint density at radius 1 is 1.33 bits per heavy atom. The van der Waals surface area contributed by atoms with Crippen LogP contribution >= 0.6 is 0 Å². The molecule has 0 unspecified atom stereocenters. The Kier molecular flexibility index (Phi) is 4.46. The zero-order valence-corrected chi connectivity index (χ0v) is 11.8. The van der Waals surface area contributed by atoms with Gasteiger partial charge in [0.05, 0.1) is 12.2 Å². The first-order chi connectivity index (χ1) is 10.1. The van der Waals surface area contributed by atoms with Gasteiger partial charge in [-0.05, 0) is 44.2 Å². The van der Waals surface area contributed by atoms with Crippen LogP contribution in [0.1, 0.15) is 28.7 Å². The van der Waals surface area contributed by atoms with Crippen molar-refractivity contribution in [2.45, 2.75) is 13.8 Å². The summed E-state index contributed by atoms with van der Waals surface area (Å²) >= 11 is 0. The van der Waals surface area contributed by atoms with E-state index in [-0.39, 0.29) is 5.97 Å². The summed E-state index contributed by atoms with van der Waals surface area (Å²) < 4.78 is 4.91. The molecule has 0 fully saturated rings. The van der Waals surface area contributed by atoms with Crippen LogP contribution in [-0.2, 0) is 4.74 Å². The van der Waals surface area contributed by atoms with E-state index in [0.717, 1.165) is 5.69 Å². The minimum Gasteiger partial charge on any atom is -0.462 e. The summed E-state index contributed by atoms with van der Waals surface area (Å²) in [5, 5.41) is 11.9. The molecule has 106 valence electrons. The van der Waals surface area contributed by atoms with E-state index in [4.69, 9.17) is 10.00 Å². The van der Waals surface area contributed by atoms with Crippen molar-refractivity contribution >= 4 is 17.6 Å². The summed E-state index contributed by atoms with van der Waals surface area (Å²) in [7, 11) is 0. The van der Waals surface area contributed by atoms with Crippen molar-refractivity contribution in [2.75, 3.05) is 11.9 Å². The smallest absolute Gasteiger partial charge is 0.338 e. The summed E-state index contributed by atoms with van der Waals surface area (Å²) in [6.45, 7) is 3.89. The topological polar surface area (TPSA) is 87.9 Å². The summed E-state index contributed by atoms with van der Waals surface area (Å²) in [6.07, 6.45) is 0. The molecule has 21 heavy (non-hydrogen) atoms. The Morgan fingerprint density at radius 2 is 2.05 bits per heavy atom. The van der Waals surface area contributed by atoms with Crippen molar-refractivity contribution in [3.05, 3.63) is 47.3 Å². The van der Waals surface area contributed by atoms with Gasteiger partial charge in [0.2, 0.25) is 5.95 Å². The molecular weight excluding hydrogens is 268 g/mol. The lowest BCUT2D eigenvalue weighted by Crippen LogP contribution is -2.05. The first kappa shape index (κ1) is 14.5. The molecule has 0 amide bonds. The number of hydrogen-bond donors (Lipinski definition) is 1. The predicted octanol–water partition coefficient (Wildman–Crippen LogP) is 2.58. The van der Waals surface area contributed by atoms with E-state index in [1.807, 2.05) is 6.07 Å². The van der Waals surface area contributed by atoms with Gasteiger partial charge in [0, 0.05) is 11.4 Å². The highest BCUT2D eigenvalue weighted by Crippen LogP contribution is 2.15. The van der Waals surface area contributed by atoms with Crippen LogP contribution in [0.4, 0.5) is 11.6 Å². The monoisotopic (exact) mass is 282 g/mol. The number of nitrogens with zero attached hydrogens (tertiary/aromatic N) is 3. The van der Waals surface area contributed by atoms with E-state index in [1.165, 1.54) is 0 Å². The van der Waals surface area contributed by atoms with Crippen LogP contribution in [0.5, 0.6) is 0 Å². The highest BCUT2D eigenvalue weighted by Gasteiger charge is 2.07. The number of aryl methyl sites for hydroxylation is 1. The SMILES string of the molecule is CCOC(=O)c1ccc(Nc2nc(C)cc(C#N)n2)cc1. The highest BCUT2D eigenvalue weighted by molar-refractivity contribution is 5.89. The van der Waals surface area contributed by atoms with Gasteiger partial charge in [0.15, 0.2) is 0 Å². The lowest BCUT2D eigenvalue weighted by atomic mass is 10.2. The number of carbonyl (C=O) groups is 1. The van der Waals surface area contributed by atoms with Crippen molar-refractivity contribution in [1.29, 1.82) is 5.26 Å². The molecule has 2 rings (SSSR count). The van der Waals surface area contributed by atoms with Crippen molar-refractivity contribution in [3.63, 3.8) is 0 Å². The molecule has 0 saturated heterocycles. The number of aromatic nitrogens is 2. The molecule has 2 aromatic rings. The largest absolute Gasteiger partial charge is 0.462 e. The molecule has 1 heterocycles. The third-order valence-corrected chi connectivity index (χ3v) is 2.62. The number of anilines is 2. The molecule has 6 nitrogen and oxygen atoms in total. The van der Waals surface area contributed by atoms with E-state index in [0.29, 0.717) is 29.5 Å². The van der Waals surface area contributed by atoms with E-state index in [9.17, 15) is 4.79 Å². The summed E-state index contributed by atoms with van der Waals surface area (Å²) in [5.74, 6) is -0.0157. The van der Waals surface area contributed by atoms with Gasteiger partial charge < -0.3 is 10.1 Å². The van der Waals surface area contributed by atoms with Crippen LogP contribution in [0.3, 0.4) is 0 Å². The Hall–Kier alpha value is -2.94. The summed E-state index contributed by atoms with van der Waals surface area (Å²) in [4.78, 5) is 19.8. The Bertz CT molecular complexity index is 690. The van der Waals surface area contributed by atoms with Crippen LogP contribution in [0.2, 0.25) is 0 Å². The lowest BCUT2D eigenvalue weighted by Gasteiger charge is -2.07. The third-order valence-electron chi connectivity index (χ3n) is 2.62. The van der Waals surface area contributed by atoms with Crippen LogP contribution < -0.4 is 5.32 Å². The number of hydrogen-bond acceptors (Lipinski definition) is 6. The van der Waals surface area contributed by atoms with Crippen LogP contribution in [0, 0.1) is 18.3 Å². The number of carbonyl (C=O) groups excluding carboxylic acids is 1. The van der Waals surface area contributed by atoms with Gasteiger partial charge in [-0.15, -0.1) is 0 Å². The van der Waals surface area contributed by atoms with Crippen LogP contribution in [0.25, 0.3) is 0 Å².